The number of nitrogens with zero attached hydrogens (tertiary/aromatic N) is 1. The molecular formula is C14H28N2O2. The molecule has 1 aliphatic rings. The van der Waals surface area contributed by atoms with Crippen LogP contribution in [0, 0.1) is 11.8 Å². The van der Waals surface area contributed by atoms with Gasteiger partial charge in [-0.1, -0.05) is 13.8 Å². The highest BCUT2D eigenvalue weighted by atomic mass is 16.5. The molecule has 1 fully saturated rings. The van der Waals surface area contributed by atoms with E-state index in [0.29, 0.717) is 13.2 Å². The van der Waals surface area contributed by atoms with Crippen LogP contribution in [0.3, 0.4) is 0 Å². The van der Waals surface area contributed by atoms with Crippen LogP contribution in [-0.4, -0.2) is 49.7 Å². The van der Waals surface area contributed by atoms with E-state index in [9.17, 15) is 4.79 Å². The van der Waals surface area contributed by atoms with E-state index in [0.717, 1.165) is 24.9 Å². The van der Waals surface area contributed by atoms with E-state index in [-0.39, 0.29) is 5.97 Å². The van der Waals surface area contributed by atoms with Gasteiger partial charge in [0.05, 0.1) is 6.61 Å². The smallest absolute Gasteiger partial charge is 0.327 e. The van der Waals surface area contributed by atoms with Gasteiger partial charge in [-0.05, 0) is 45.7 Å². The van der Waals surface area contributed by atoms with E-state index in [1.165, 1.54) is 6.42 Å². The van der Waals surface area contributed by atoms with Crippen molar-refractivity contribution in [3.8, 4) is 0 Å². The Morgan fingerprint density at radius 3 is 2.56 bits per heavy atom. The van der Waals surface area contributed by atoms with Crippen LogP contribution in [0.5, 0.6) is 0 Å². The van der Waals surface area contributed by atoms with Crippen molar-refractivity contribution in [3.05, 3.63) is 0 Å². The number of carbonyl (C=O) groups is 1. The second-order valence-electron chi connectivity index (χ2n) is 5.75. The molecule has 0 saturated heterocycles. The second-order valence-corrected chi connectivity index (χ2v) is 5.75. The zero-order valence-electron chi connectivity index (χ0n) is 12.5. The Kier molecular flexibility index (Phi) is 5.60. The van der Waals surface area contributed by atoms with E-state index < -0.39 is 5.54 Å². The van der Waals surface area contributed by atoms with Gasteiger partial charge < -0.3 is 15.0 Å². The number of hydrogen-bond acceptors (Lipinski definition) is 4. The van der Waals surface area contributed by atoms with Gasteiger partial charge in [0, 0.05) is 13.1 Å². The van der Waals surface area contributed by atoms with Crippen LogP contribution in [0.25, 0.3) is 0 Å². The molecule has 0 heterocycles. The predicted molar refractivity (Wildman–Crippen MR) is 73.5 cm³/mol. The summed E-state index contributed by atoms with van der Waals surface area (Å²) in [6.45, 7) is 11.0. The first kappa shape index (κ1) is 15.4. The topological polar surface area (TPSA) is 41.6 Å². The van der Waals surface area contributed by atoms with Gasteiger partial charge in [0.15, 0.2) is 0 Å². The average Bonchev–Trinajstić information content (AvgIpc) is 2.94. The molecule has 0 bridgehead atoms. The van der Waals surface area contributed by atoms with Gasteiger partial charge in [-0.15, -0.1) is 0 Å². The summed E-state index contributed by atoms with van der Waals surface area (Å²) in [6.07, 6.45) is 1.32. The third-order valence-corrected chi connectivity index (χ3v) is 3.70. The minimum Gasteiger partial charge on any atom is -0.465 e. The molecule has 1 rings (SSSR count). The molecule has 0 aliphatic heterocycles. The van der Waals surface area contributed by atoms with Crippen molar-refractivity contribution in [2.45, 2.75) is 39.7 Å². The Balaban J connectivity index is 2.51. The van der Waals surface area contributed by atoms with Gasteiger partial charge in [-0.2, -0.15) is 0 Å². The van der Waals surface area contributed by atoms with E-state index in [2.05, 4.69) is 24.2 Å². The Morgan fingerprint density at radius 2 is 2.11 bits per heavy atom. The highest BCUT2D eigenvalue weighted by Crippen LogP contribution is 2.38. The molecule has 0 aromatic heterocycles. The van der Waals surface area contributed by atoms with Gasteiger partial charge >= 0.3 is 5.97 Å². The van der Waals surface area contributed by atoms with E-state index in [1.54, 1.807) is 0 Å². The standard InChI is InChI=1S/C14H28N2O2/c1-6-15-14(4,13(17)18-7-2)10-16(5)9-12-8-11(12)3/h11-12,15H,6-10H2,1-5H3. The normalized spacial score (nSPS) is 25.9. The zero-order valence-corrected chi connectivity index (χ0v) is 12.5. The number of carbonyl (C=O) groups excluding carboxylic acids is 1. The first-order valence-electron chi connectivity index (χ1n) is 7.03. The summed E-state index contributed by atoms with van der Waals surface area (Å²) >= 11 is 0. The maximum Gasteiger partial charge on any atom is 0.327 e. The molecule has 0 amide bonds. The first-order valence-corrected chi connectivity index (χ1v) is 7.03. The molecule has 18 heavy (non-hydrogen) atoms. The molecule has 1 saturated carbocycles. The molecule has 3 atom stereocenters. The summed E-state index contributed by atoms with van der Waals surface area (Å²) in [6, 6.07) is 0. The van der Waals surface area contributed by atoms with Crippen molar-refractivity contribution in [2.24, 2.45) is 11.8 Å². The molecule has 0 spiro atoms. The van der Waals surface area contributed by atoms with E-state index in [1.807, 2.05) is 20.8 Å². The lowest BCUT2D eigenvalue weighted by Gasteiger charge is -2.32. The number of hydrogen-bond donors (Lipinski definition) is 1. The molecule has 4 nitrogen and oxygen atoms in total. The Hall–Kier alpha value is -0.610. The molecular weight excluding hydrogens is 228 g/mol. The summed E-state index contributed by atoms with van der Waals surface area (Å²) in [5.41, 5.74) is -0.600. The predicted octanol–water partition coefficient (Wildman–Crippen LogP) is 1.51. The maximum atomic E-state index is 12.0. The van der Waals surface area contributed by atoms with Gasteiger partial charge in [-0.3, -0.25) is 4.79 Å². The Morgan fingerprint density at radius 1 is 1.50 bits per heavy atom. The molecule has 4 heteroatoms. The van der Waals surface area contributed by atoms with Gasteiger partial charge in [0.25, 0.3) is 0 Å². The van der Waals surface area contributed by atoms with Crippen LogP contribution in [0.1, 0.15) is 34.1 Å². The summed E-state index contributed by atoms with van der Waals surface area (Å²) in [7, 11) is 2.08. The maximum absolute atomic E-state index is 12.0. The number of nitrogens with one attached hydrogen (secondary N) is 1. The van der Waals surface area contributed by atoms with Gasteiger partial charge in [0.2, 0.25) is 0 Å². The SMILES string of the molecule is CCNC(C)(CN(C)CC1CC1C)C(=O)OCC. The minimum absolute atomic E-state index is 0.150. The van der Waals surface area contributed by atoms with E-state index >= 15 is 0 Å². The molecule has 0 radical (unpaired) electrons. The third-order valence-electron chi connectivity index (χ3n) is 3.70. The fourth-order valence-electron chi connectivity index (χ4n) is 2.53. The van der Waals surface area contributed by atoms with Gasteiger partial charge in [-0.25, -0.2) is 0 Å². The van der Waals surface area contributed by atoms with Crippen LogP contribution in [-0.2, 0) is 9.53 Å². The number of likely N-dealkylation sites (N-methyl/N-ethyl adjacent to an activating group) is 2. The number of esters is 1. The molecule has 1 N–H and O–H groups in total. The molecule has 106 valence electrons. The summed E-state index contributed by atoms with van der Waals surface area (Å²) in [5, 5.41) is 3.26. The molecule has 1 aliphatic carbocycles. The van der Waals surface area contributed by atoms with Crippen LogP contribution in [0.4, 0.5) is 0 Å². The number of rotatable bonds is 8. The van der Waals surface area contributed by atoms with E-state index in [4.69, 9.17) is 4.74 Å². The van der Waals surface area contributed by atoms with Crippen LogP contribution in [0.15, 0.2) is 0 Å². The van der Waals surface area contributed by atoms with Crippen molar-refractivity contribution in [2.75, 3.05) is 33.3 Å². The molecule has 0 aromatic carbocycles. The highest BCUT2D eigenvalue weighted by molar-refractivity contribution is 5.80. The summed E-state index contributed by atoms with van der Waals surface area (Å²) in [4.78, 5) is 14.3. The van der Waals surface area contributed by atoms with Crippen LogP contribution >= 0.6 is 0 Å². The number of ether oxygens (including phenoxy) is 1. The lowest BCUT2D eigenvalue weighted by molar-refractivity contribution is -0.151. The Bertz CT molecular complexity index is 283. The average molecular weight is 256 g/mol. The van der Waals surface area contributed by atoms with Crippen LogP contribution in [0.2, 0.25) is 0 Å². The first-order chi connectivity index (χ1) is 8.42. The lowest BCUT2D eigenvalue weighted by atomic mass is 10.0. The van der Waals surface area contributed by atoms with Crippen molar-refractivity contribution in [3.63, 3.8) is 0 Å². The third kappa shape index (κ3) is 4.25. The van der Waals surface area contributed by atoms with Gasteiger partial charge in [0.1, 0.15) is 5.54 Å². The van der Waals surface area contributed by atoms with Crippen molar-refractivity contribution >= 4 is 5.97 Å². The largest absolute Gasteiger partial charge is 0.465 e. The molecule has 0 aromatic rings. The fraction of sp³-hybridized carbons (Fsp3) is 0.929. The lowest BCUT2D eigenvalue weighted by Crippen LogP contribution is -2.57. The fourth-order valence-corrected chi connectivity index (χ4v) is 2.53. The van der Waals surface area contributed by atoms with Crippen molar-refractivity contribution in [1.82, 2.24) is 10.2 Å². The monoisotopic (exact) mass is 256 g/mol. The zero-order chi connectivity index (χ0) is 13.8. The minimum atomic E-state index is -0.600. The highest BCUT2D eigenvalue weighted by Gasteiger charge is 2.38. The summed E-state index contributed by atoms with van der Waals surface area (Å²) in [5.74, 6) is 1.51. The quantitative estimate of drug-likeness (QED) is 0.668. The summed E-state index contributed by atoms with van der Waals surface area (Å²) < 4.78 is 5.17. The second kappa shape index (κ2) is 6.53. The molecule has 3 unspecified atom stereocenters. The van der Waals surface area contributed by atoms with Crippen molar-refractivity contribution < 1.29 is 9.53 Å². The van der Waals surface area contributed by atoms with Crippen LogP contribution < -0.4 is 5.32 Å². The Labute approximate surface area is 111 Å². The van der Waals surface area contributed by atoms with Crippen molar-refractivity contribution in [1.29, 1.82) is 0 Å².